The molecule has 0 bridgehead atoms. The Morgan fingerprint density at radius 3 is 2.67 bits per heavy atom. The molecule has 0 aliphatic carbocycles. The number of hydrogen-bond acceptors (Lipinski definition) is 3. The molecular formula is C8H16N2O2. The van der Waals surface area contributed by atoms with Crippen molar-refractivity contribution in [2.75, 3.05) is 19.7 Å². The van der Waals surface area contributed by atoms with Crippen molar-refractivity contribution in [3.8, 4) is 0 Å². The lowest BCUT2D eigenvalue weighted by atomic mass is 9.83. The molecule has 12 heavy (non-hydrogen) atoms. The molecule has 1 aliphatic rings. The third-order valence-electron chi connectivity index (χ3n) is 2.23. The number of carbonyl (C=O) groups excluding carboxylic acids is 1. The van der Waals surface area contributed by atoms with E-state index in [9.17, 15) is 4.79 Å². The van der Waals surface area contributed by atoms with E-state index >= 15 is 0 Å². The quantitative estimate of drug-likeness (QED) is 0.516. The molecule has 1 atom stereocenters. The highest BCUT2D eigenvalue weighted by molar-refractivity contribution is 5.84. The molecule has 1 amide bonds. The smallest absolute Gasteiger partial charge is 0.228 e. The normalized spacial score (nSPS) is 22.6. The molecule has 1 fully saturated rings. The Bertz CT molecular complexity index is 178. The van der Waals surface area contributed by atoms with E-state index in [1.165, 1.54) is 0 Å². The number of amides is 1. The topological polar surface area (TPSA) is 61.4 Å². The Morgan fingerprint density at radius 1 is 1.75 bits per heavy atom. The second-order valence-corrected chi connectivity index (χ2v) is 3.72. The van der Waals surface area contributed by atoms with Crippen LogP contribution in [0.2, 0.25) is 0 Å². The zero-order valence-corrected chi connectivity index (χ0v) is 7.55. The number of rotatable bonds is 3. The molecule has 0 aromatic heterocycles. The summed E-state index contributed by atoms with van der Waals surface area (Å²) in [5, 5.41) is 14.5. The van der Waals surface area contributed by atoms with Gasteiger partial charge in [-0.3, -0.25) is 4.79 Å². The van der Waals surface area contributed by atoms with Crippen molar-refractivity contribution in [3.05, 3.63) is 0 Å². The molecule has 1 unspecified atom stereocenters. The van der Waals surface area contributed by atoms with Crippen LogP contribution in [0.3, 0.4) is 0 Å². The number of aliphatic hydroxyl groups is 1. The predicted octanol–water partition coefficient (Wildman–Crippen LogP) is -0.907. The van der Waals surface area contributed by atoms with Gasteiger partial charge in [0.05, 0.1) is 12.0 Å². The Hall–Kier alpha value is -0.610. The van der Waals surface area contributed by atoms with Crippen molar-refractivity contribution in [2.45, 2.75) is 19.9 Å². The summed E-state index contributed by atoms with van der Waals surface area (Å²) in [6.45, 7) is 5.17. The van der Waals surface area contributed by atoms with Gasteiger partial charge in [0, 0.05) is 19.1 Å². The minimum Gasteiger partial charge on any atom is -0.394 e. The Kier molecular flexibility index (Phi) is 2.69. The molecule has 0 saturated carbocycles. The molecule has 1 rings (SSSR count). The molecule has 0 aromatic rings. The van der Waals surface area contributed by atoms with Crippen LogP contribution in [-0.4, -0.2) is 36.8 Å². The van der Waals surface area contributed by atoms with Gasteiger partial charge in [-0.2, -0.15) is 0 Å². The first kappa shape index (κ1) is 9.48. The molecule has 0 aromatic carbocycles. The Balaban J connectivity index is 2.37. The summed E-state index contributed by atoms with van der Waals surface area (Å²) in [6.07, 6.45) is 0. The van der Waals surface area contributed by atoms with Gasteiger partial charge >= 0.3 is 0 Å². The monoisotopic (exact) mass is 172 g/mol. The molecular weight excluding hydrogens is 156 g/mol. The van der Waals surface area contributed by atoms with E-state index in [2.05, 4.69) is 10.6 Å². The van der Waals surface area contributed by atoms with Crippen molar-refractivity contribution in [1.82, 2.24) is 10.6 Å². The molecule has 4 nitrogen and oxygen atoms in total. The molecule has 1 aliphatic heterocycles. The third kappa shape index (κ3) is 1.76. The standard InChI is InChI=1S/C8H16N2O2/c1-6(3-11)10-7(12)8(2)4-9-5-8/h6,9,11H,3-5H2,1-2H3,(H,10,12). The van der Waals surface area contributed by atoms with Gasteiger partial charge in [-0.15, -0.1) is 0 Å². The van der Waals surface area contributed by atoms with Gasteiger partial charge in [-0.05, 0) is 13.8 Å². The van der Waals surface area contributed by atoms with Crippen LogP contribution in [0.25, 0.3) is 0 Å². The minimum absolute atomic E-state index is 0.00471. The van der Waals surface area contributed by atoms with Crippen molar-refractivity contribution >= 4 is 5.91 Å². The summed E-state index contributed by atoms with van der Waals surface area (Å²) in [4.78, 5) is 11.5. The summed E-state index contributed by atoms with van der Waals surface area (Å²) in [5.41, 5.74) is -0.260. The van der Waals surface area contributed by atoms with Gasteiger partial charge in [-0.25, -0.2) is 0 Å². The predicted molar refractivity (Wildman–Crippen MR) is 45.7 cm³/mol. The maximum atomic E-state index is 11.5. The van der Waals surface area contributed by atoms with Crippen molar-refractivity contribution in [2.24, 2.45) is 5.41 Å². The molecule has 1 heterocycles. The van der Waals surface area contributed by atoms with Crippen LogP contribution in [0.4, 0.5) is 0 Å². The lowest BCUT2D eigenvalue weighted by Gasteiger charge is -2.38. The summed E-state index contributed by atoms with van der Waals surface area (Å²) in [6, 6.07) is -0.144. The average molecular weight is 172 g/mol. The number of nitrogens with one attached hydrogen (secondary N) is 2. The summed E-state index contributed by atoms with van der Waals surface area (Å²) >= 11 is 0. The van der Waals surface area contributed by atoms with E-state index in [-0.39, 0.29) is 24.0 Å². The van der Waals surface area contributed by atoms with Crippen molar-refractivity contribution in [1.29, 1.82) is 0 Å². The highest BCUT2D eigenvalue weighted by Crippen LogP contribution is 2.21. The average Bonchev–Trinajstić information content (AvgIpc) is 1.99. The van der Waals surface area contributed by atoms with Crippen LogP contribution in [0, 0.1) is 5.41 Å². The van der Waals surface area contributed by atoms with E-state index in [4.69, 9.17) is 5.11 Å². The fourth-order valence-electron chi connectivity index (χ4n) is 1.10. The Morgan fingerprint density at radius 2 is 2.33 bits per heavy atom. The number of hydrogen-bond donors (Lipinski definition) is 3. The van der Waals surface area contributed by atoms with Crippen molar-refractivity contribution < 1.29 is 9.90 Å². The van der Waals surface area contributed by atoms with E-state index in [1.54, 1.807) is 6.92 Å². The molecule has 70 valence electrons. The van der Waals surface area contributed by atoms with Crippen LogP contribution >= 0.6 is 0 Å². The second kappa shape index (κ2) is 3.41. The lowest BCUT2D eigenvalue weighted by Crippen LogP contribution is -2.60. The molecule has 0 spiro atoms. The number of carbonyl (C=O) groups is 1. The van der Waals surface area contributed by atoms with Gasteiger partial charge in [-0.1, -0.05) is 0 Å². The van der Waals surface area contributed by atoms with Crippen LogP contribution in [-0.2, 0) is 4.79 Å². The van der Waals surface area contributed by atoms with E-state index < -0.39 is 0 Å². The summed E-state index contributed by atoms with van der Waals surface area (Å²) < 4.78 is 0. The molecule has 4 heteroatoms. The largest absolute Gasteiger partial charge is 0.394 e. The first-order valence-electron chi connectivity index (χ1n) is 4.21. The van der Waals surface area contributed by atoms with Gasteiger partial charge in [0.2, 0.25) is 5.91 Å². The molecule has 0 radical (unpaired) electrons. The zero-order chi connectivity index (χ0) is 9.19. The second-order valence-electron chi connectivity index (χ2n) is 3.72. The highest BCUT2D eigenvalue weighted by atomic mass is 16.3. The van der Waals surface area contributed by atoms with E-state index in [1.807, 2.05) is 6.92 Å². The van der Waals surface area contributed by atoms with Crippen LogP contribution in [0.5, 0.6) is 0 Å². The minimum atomic E-state index is -0.260. The van der Waals surface area contributed by atoms with Crippen molar-refractivity contribution in [3.63, 3.8) is 0 Å². The molecule has 1 saturated heterocycles. The summed E-state index contributed by atoms with van der Waals surface area (Å²) in [5.74, 6) is 0.0304. The maximum Gasteiger partial charge on any atom is 0.228 e. The van der Waals surface area contributed by atoms with Crippen LogP contribution < -0.4 is 10.6 Å². The Labute approximate surface area is 72.3 Å². The fourth-order valence-corrected chi connectivity index (χ4v) is 1.10. The third-order valence-corrected chi connectivity index (χ3v) is 2.23. The van der Waals surface area contributed by atoms with Gasteiger partial charge in [0.25, 0.3) is 0 Å². The zero-order valence-electron chi connectivity index (χ0n) is 7.55. The summed E-state index contributed by atoms with van der Waals surface area (Å²) in [7, 11) is 0. The molecule has 3 N–H and O–H groups in total. The highest BCUT2D eigenvalue weighted by Gasteiger charge is 2.39. The van der Waals surface area contributed by atoms with Crippen LogP contribution in [0.1, 0.15) is 13.8 Å². The lowest BCUT2D eigenvalue weighted by molar-refractivity contribution is -0.133. The van der Waals surface area contributed by atoms with Gasteiger partial charge in [0.15, 0.2) is 0 Å². The van der Waals surface area contributed by atoms with Crippen LogP contribution in [0.15, 0.2) is 0 Å². The number of aliphatic hydroxyl groups excluding tert-OH is 1. The first-order chi connectivity index (χ1) is 5.58. The SMILES string of the molecule is CC(CO)NC(=O)C1(C)CNC1. The van der Waals surface area contributed by atoms with Gasteiger partial charge < -0.3 is 15.7 Å². The van der Waals surface area contributed by atoms with E-state index in [0.717, 1.165) is 13.1 Å². The maximum absolute atomic E-state index is 11.5. The fraction of sp³-hybridized carbons (Fsp3) is 0.875. The van der Waals surface area contributed by atoms with E-state index in [0.29, 0.717) is 0 Å². The van der Waals surface area contributed by atoms with Gasteiger partial charge in [0.1, 0.15) is 0 Å². The first-order valence-corrected chi connectivity index (χ1v) is 4.21.